The molecule has 2 saturated carbocycles. The van der Waals surface area contributed by atoms with Crippen molar-refractivity contribution in [1.82, 2.24) is 10.6 Å². The Morgan fingerprint density at radius 1 is 1.12 bits per heavy atom. The molecule has 3 N–H and O–H groups in total. The maximum atomic E-state index is 13.7. The molecule has 0 saturated heterocycles. The van der Waals surface area contributed by atoms with Gasteiger partial charge in [-0.3, -0.25) is 14.4 Å². The highest BCUT2D eigenvalue weighted by molar-refractivity contribution is 5.98. The summed E-state index contributed by atoms with van der Waals surface area (Å²) in [6, 6.07) is 4.74. The number of allylic oxidation sites excluding steroid dienone is 1. The Labute approximate surface area is 242 Å². The first-order chi connectivity index (χ1) is 19.5. The molecule has 2 fully saturated rings. The van der Waals surface area contributed by atoms with E-state index >= 15 is 0 Å². The lowest BCUT2D eigenvalue weighted by Crippen LogP contribution is -2.52. The van der Waals surface area contributed by atoms with Crippen LogP contribution in [0.1, 0.15) is 94.5 Å². The number of methoxy groups -OCH3 is 1. The Bertz CT molecular complexity index is 1220. The van der Waals surface area contributed by atoms with Crippen LogP contribution in [0.15, 0.2) is 24.3 Å². The van der Waals surface area contributed by atoms with Crippen LogP contribution in [0.25, 0.3) is 0 Å². The van der Waals surface area contributed by atoms with Crippen LogP contribution in [0.5, 0.6) is 11.5 Å². The lowest BCUT2D eigenvalue weighted by molar-refractivity contribution is -0.150. The Kier molecular flexibility index (Phi) is 9.31. The van der Waals surface area contributed by atoms with Crippen molar-refractivity contribution >= 4 is 17.8 Å². The van der Waals surface area contributed by atoms with E-state index in [0.29, 0.717) is 38.6 Å². The monoisotopic (exact) mass is 565 g/mol. The van der Waals surface area contributed by atoms with Gasteiger partial charge in [0.25, 0.3) is 5.91 Å². The predicted octanol–water partition coefficient (Wildman–Crippen LogP) is 4.99. The van der Waals surface area contributed by atoms with Crippen LogP contribution in [0, 0.1) is 34.0 Å². The fraction of sp³-hybridized carbons (Fsp3) is 0.625. The molecule has 0 aliphatic heterocycles. The van der Waals surface area contributed by atoms with Gasteiger partial charge in [-0.1, -0.05) is 32.4 Å². The number of nitriles is 1. The van der Waals surface area contributed by atoms with Crippen LogP contribution in [0.2, 0.25) is 0 Å². The molecule has 9 heteroatoms. The number of nitrogens with one attached hydrogen (secondary N) is 2. The number of hydrogen-bond acceptors (Lipinski definition) is 6. The SMILES string of the molecule is CC[C@@H]1C=CC[C@@H](NC(=O)c2cc(OC3CCC(C)(C(=O)O)CC3)c(C#N)cc2OC)[C@H]1C(=O)NCC1(C)CCC1. The summed E-state index contributed by atoms with van der Waals surface area (Å²) in [5, 5.41) is 25.6. The molecule has 41 heavy (non-hydrogen) atoms. The number of aliphatic carboxylic acids is 1. The Hall–Kier alpha value is -3.54. The summed E-state index contributed by atoms with van der Waals surface area (Å²) in [5.41, 5.74) is -0.182. The number of carboxylic acids is 1. The highest BCUT2D eigenvalue weighted by Gasteiger charge is 2.40. The van der Waals surface area contributed by atoms with E-state index in [2.05, 4.69) is 29.7 Å². The molecule has 3 atom stereocenters. The highest BCUT2D eigenvalue weighted by atomic mass is 16.5. The smallest absolute Gasteiger partial charge is 0.309 e. The largest absolute Gasteiger partial charge is 0.496 e. The maximum absolute atomic E-state index is 13.7. The minimum absolute atomic E-state index is 0.00721. The van der Waals surface area contributed by atoms with Crippen molar-refractivity contribution in [3.05, 3.63) is 35.4 Å². The highest BCUT2D eigenvalue weighted by Crippen LogP contribution is 2.40. The number of hydrogen-bond donors (Lipinski definition) is 3. The van der Waals surface area contributed by atoms with Crippen molar-refractivity contribution in [2.24, 2.45) is 22.7 Å². The Morgan fingerprint density at radius 3 is 2.39 bits per heavy atom. The van der Waals surface area contributed by atoms with Gasteiger partial charge in [0.2, 0.25) is 5.91 Å². The zero-order valence-electron chi connectivity index (χ0n) is 24.6. The van der Waals surface area contributed by atoms with Crippen molar-refractivity contribution in [3.8, 4) is 17.6 Å². The van der Waals surface area contributed by atoms with Gasteiger partial charge in [-0.25, -0.2) is 0 Å². The van der Waals surface area contributed by atoms with Gasteiger partial charge in [-0.15, -0.1) is 0 Å². The quantitative estimate of drug-likeness (QED) is 0.340. The summed E-state index contributed by atoms with van der Waals surface area (Å²) in [7, 11) is 1.44. The fourth-order valence-electron chi connectivity index (χ4n) is 6.33. The average molecular weight is 566 g/mol. The van der Waals surface area contributed by atoms with E-state index in [9.17, 15) is 24.8 Å². The normalized spacial score (nSPS) is 28.5. The van der Waals surface area contributed by atoms with E-state index in [1.807, 2.05) is 13.0 Å². The van der Waals surface area contributed by atoms with E-state index in [4.69, 9.17) is 9.47 Å². The number of carbonyl (C=O) groups excluding carboxylic acids is 2. The second-order valence-corrected chi connectivity index (χ2v) is 12.6. The first-order valence-electron chi connectivity index (χ1n) is 14.8. The van der Waals surface area contributed by atoms with Crippen LogP contribution < -0.4 is 20.1 Å². The number of nitrogens with zero attached hydrogens (tertiary/aromatic N) is 1. The summed E-state index contributed by atoms with van der Waals surface area (Å²) in [6.07, 6.45) is 10.5. The second-order valence-electron chi connectivity index (χ2n) is 12.6. The van der Waals surface area contributed by atoms with Gasteiger partial charge < -0.3 is 25.2 Å². The first kappa shape index (κ1) is 30.4. The summed E-state index contributed by atoms with van der Waals surface area (Å²) in [4.78, 5) is 38.7. The summed E-state index contributed by atoms with van der Waals surface area (Å²) in [5.74, 6) is -1.15. The molecule has 0 aromatic heterocycles. The molecular formula is C32H43N3O6. The second kappa shape index (κ2) is 12.5. The van der Waals surface area contributed by atoms with E-state index in [1.165, 1.54) is 25.7 Å². The topological polar surface area (TPSA) is 138 Å². The molecule has 2 amide bonds. The lowest BCUT2D eigenvalue weighted by atomic mass is 9.70. The molecule has 0 unspecified atom stereocenters. The van der Waals surface area contributed by atoms with Gasteiger partial charge >= 0.3 is 5.97 Å². The van der Waals surface area contributed by atoms with Crippen molar-refractivity contribution in [2.75, 3.05) is 13.7 Å². The molecule has 0 bridgehead atoms. The molecule has 3 aliphatic rings. The van der Waals surface area contributed by atoms with Crippen LogP contribution in [0.4, 0.5) is 0 Å². The molecule has 1 aromatic rings. The van der Waals surface area contributed by atoms with Gasteiger partial charge in [-0.2, -0.15) is 5.26 Å². The number of amides is 2. The number of carboxylic acid groups (broad SMARTS) is 1. The van der Waals surface area contributed by atoms with Crippen LogP contribution in [-0.4, -0.2) is 48.7 Å². The van der Waals surface area contributed by atoms with E-state index in [1.54, 1.807) is 6.92 Å². The Balaban J connectivity index is 1.52. The lowest BCUT2D eigenvalue weighted by Gasteiger charge is -2.40. The first-order valence-corrected chi connectivity index (χ1v) is 14.8. The molecule has 3 aliphatic carbocycles. The van der Waals surface area contributed by atoms with Gasteiger partial charge in [0.15, 0.2) is 0 Å². The summed E-state index contributed by atoms with van der Waals surface area (Å²) >= 11 is 0. The van der Waals surface area contributed by atoms with Crippen molar-refractivity contribution in [2.45, 2.75) is 90.7 Å². The van der Waals surface area contributed by atoms with E-state index < -0.39 is 29.3 Å². The molecule has 222 valence electrons. The number of rotatable bonds is 10. The number of benzene rings is 1. The van der Waals surface area contributed by atoms with Crippen LogP contribution in [-0.2, 0) is 9.59 Å². The maximum Gasteiger partial charge on any atom is 0.309 e. The average Bonchev–Trinajstić information content (AvgIpc) is 2.95. The van der Waals surface area contributed by atoms with Crippen molar-refractivity contribution in [3.63, 3.8) is 0 Å². The zero-order chi connectivity index (χ0) is 29.8. The predicted molar refractivity (Wildman–Crippen MR) is 154 cm³/mol. The van der Waals surface area contributed by atoms with Crippen molar-refractivity contribution < 1.29 is 29.0 Å². The standard InChI is InChI=1S/C32H43N3O6/c1-5-20-8-6-9-24(27(20)29(37)34-19-31(2)12-7-13-31)35-28(36)23-17-25(21(18-33)16-26(23)40-4)41-22-10-14-32(3,15-11-22)30(38)39/h6,8,16-17,20,22,24,27H,5,7,9-15,19H2,1-4H3,(H,34,37)(H,35,36)(H,38,39)/t20-,22?,24-,27+,32?/m1/s1. The number of carbonyl (C=O) groups is 3. The van der Waals surface area contributed by atoms with Crippen molar-refractivity contribution in [1.29, 1.82) is 5.26 Å². The summed E-state index contributed by atoms with van der Waals surface area (Å²) in [6.45, 7) is 6.63. The third kappa shape index (κ3) is 6.69. The zero-order valence-corrected chi connectivity index (χ0v) is 24.6. The number of ether oxygens (including phenoxy) is 2. The van der Waals surface area contributed by atoms with E-state index in [0.717, 1.165) is 19.3 Å². The third-order valence-electron chi connectivity index (χ3n) is 9.52. The Morgan fingerprint density at radius 2 is 1.83 bits per heavy atom. The molecule has 1 aromatic carbocycles. The molecular weight excluding hydrogens is 522 g/mol. The van der Waals surface area contributed by atoms with E-state index in [-0.39, 0.29) is 46.0 Å². The third-order valence-corrected chi connectivity index (χ3v) is 9.52. The molecule has 0 spiro atoms. The van der Waals surface area contributed by atoms with Crippen LogP contribution >= 0.6 is 0 Å². The minimum Gasteiger partial charge on any atom is -0.496 e. The van der Waals surface area contributed by atoms with Gasteiger partial charge in [0, 0.05) is 18.7 Å². The summed E-state index contributed by atoms with van der Waals surface area (Å²) < 4.78 is 11.7. The minimum atomic E-state index is -0.816. The van der Waals surface area contributed by atoms with Crippen LogP contribution in [0.3, 0.4) is 0 Å². The van der Waals surface area contributed by atoms with Gasteiger partial charge in [0.05, 0.1) is 35.7 Å². The van der Waals surface area contributed by atoms with Gasteiger partial charge in [-0.05, 0) is 75.7 Å². The molecule has 9 nitrogen and oxygen atoms in total. The molecule has 0 radical (unpaired) electrons. The fourth-order valence-corrected chi connectivity index (χ4v) is 6.33. The van der Waals surface area contributed by atoms with Gasteiger partial charge in [0.1, 0.15) is 17.6 Å². The molecule has 0 heterocycles. The molecule has 4 rings (SSSR count).